The van der Waals surface area contributed by atoms with Crippen LogP contribution in [0.3, 0.4) is 0 Å². The highest BCUT2D eigenvalue weighted by Crippen LogP contribution is 2.35. The van der Waals surface area contributed by atoms with Crippen molar-refractivity contribution in [1.29, 1.82) is 0 Å². The zero-order chi connectivity index (χ0) is 18.1. The number of aromatic nitrogens is 2. The summed E-state index contributed by atoms with van der Waals surface area (Å²) < 4.78 is 14.4. The van der Waals surface area contributed by atoms with Crippen molar-refractivity contribution in [2.45, 2.75) is 52.1 Å². The number of halogens is 1. The smallest absolute Gasteiger partial charge is 0.133 e. The second-order valence-corrected chi connectivity index (χ2v) is 8.27. The van der Waals surface area contributed by atoms with Gasteiger partial charge in [0.1, 0.15) is 5.82 Å². The molecule has 26 heavy (non-hydrogen) atoms. The molecule has 3 nitrogen and oxygen atoms in total. The van der Waals surface area contributed by atoms with Crippen LogP contribution in [0.4, 0.5) is 4.39 Å². The lowest BCUT2D eigenvalue weighted by molar-refractivity contribution is 0.206. The van der Waals surface area contributed by atoms with Crippen molar-refractivity contribution in [3.05, 3.63) is 54.1 Å². The van der Waals surface area contributed by atoms with Crippen LogP contribution in [-0.2, 0) is 6.54 Å². The standard InChI is InChI=1S/C22H26FN3/c1-22(2)9-7-17(8-10-22)24-13-15-3-5-16(6-4-15)18-11-20-21(12-19(18)23)26-14-25-20/h3-6,11-12,14,17,24H,7-10,13H2,1-2H3,(H,25,26). The Morgan fingerprint density at radius 1 is 1.15 bits per heavy atom. The van der Waals surface area contributed by atoms with Gasteiger partial charge in [0.15, 0.2) is 0 Å². The van der Waals surface area contributed by atoms with E-state index in [-0.39, 0.29) is 5.82 Å². The number of fused-ring (bicyclic) bond motifs is 1. The molecule has 0 unspecified atom stereocenters. The maximum atomic E-state index is 14.4. The molecule has 1 heterocycles. The summed E-state index contributed by atoms with van der Waals surface area (Å²) in [7, 11) is 0. The molecule has 4 rings (SSSR count). The Morgan fingerprint density at radius 3 is 2.62 bits per heavy atom. The lowest BCUT2D eigenvalue weighted by atomic mass is 9.75. The lowest BCUT2D eigenvalue weighted by Crippen LogP contribution is -2.35. The number of hydrogen-bond donors (Lipinski definition) is 2. The molecule has 0 bridgehead atoms. The Labute approximate surface area is 154 Å². The first-order valence-electron chi connectivity index (χ1n) is 9.45. The maximum absolute atomic E-state index is 14.4. The van der Waals surface area contributed by atoms with Gasteiger partial charge in [-0.15, -0.1) is 0 Å². The zero-order valence-corrected chi connectivity index (χ0v) is 15.5. The summed E-state index contributed by atoms with van der Waals surface area (Å²) in [5.74, 6) is -0.225. The van der Waals surface area contributed by atoms with Crippen molar-refractivity contribution >= 4 is 11.0 Å². The van der Waals surface area contributed by atoms with Crippen molar-refractivity contribution < 1.29 is 4.39 Å². The van der Waals surface area contributed by atoms with E-state index in [4.69, 9.17) is 0 Å². The number of nitrogens with one attached hydrogen (secondary N) is 2. The highest BCUT2D eigenvalue weighted by atomic mass is 19.1. The maximum Gasteiger partial charge on any atom is 0.133 e. The highest BCUT2D eigenvalue weighted by molar-refractivity contribution is 5.82. The van der Waals surface area contributed by atoms with E-state index in [2.05, 4.69) is 41.3 Å². The lowest BCUT2D eigenvalue weighted by Gasteiger charge is -2.34. The fourth-order valence-corrected chi connectivity index (χ4v) is 3.84. The van der Waals surface area contributed by atoms with E-state index in [1.165, 1.54) is 37.3 Å². The predicted octanol–water partition coefficient (Wildman–Crippen LogP) is 5.43. The van der Waals surface area contributed by atoms with Gasteiger partial charge in [0.05, 0.1) is 17.4 Å². The van der Waals surface area contributed by atoms with E-state index in [1.807, 2.05) is 12.1 Å². The van der Waals surface area contributed by atoms with Crippen molar-refractivity contribution in [3.8, 4) is 11.1 Å². The highest BCUT2D eigenvalue weighted by Gasteiger charge is 2.26. The van der Waals surface area contributed by atoms with Crippen LogP contribution in [0.2, 0.25) is 0 Å². The Kier molecular flexibility index (Phi) is 4.53. The van der Waals surface area contributed by atoms with Crippen LogP contribution in [0.1, 0.15) is 45.1 Å². The molecule has 0 saturated heterocycles. The third-order valence-corrected chi connectivity index (χ3v) is 5.71. The first kappa shape index (κ1) is 17.2. The summed E-state index contributed by atoms with van der Waals surface area (Å²) in [6, 6.07) is 12.1. The molecule has 1 fully saturated rings. The van der Waals surface area contributed by atoms with E-state index in [0.717, 1.165) is 23.1 Å². The molecule has 3 aromatic rings. The molecule has 0 aliphatic heterocycles. The molecule has 0 atom stereocenters. The molecule has 1 aliphatic rings. The van der Waals surface area contributed by atoms with Crippen LogP contribution in [0.5, 0.6) is 0 Å². The van der Waals surface area contributed by atoms with Crippen LogP contribution in [0.15, 0.2) is 42.7 Å². The van der Waals surface area contributed by atoms with Gasteiger partial charge < -0.3 is 10.3 Å². The van der Waals surface area contributed by atoms with E-state index in [1.54, 1.807) is 12.4 Å². The molecule has 2 N–H and O–H groups in total. The second kappa shape index (κ2) is 6.84. The summed E-state index contributed by atoms with van der Waals surface area (Å²) >= 11 is 0. The SMILES string of the molecule is CC1(C)CCC(NCc2ccc(-c3cc4nc[nH]c4cc3F)cc2)CC1. The van der Waals surface area contributed by atoms with Crippen LogP contribution in [0.25, 0.3) is 22.2 Å². The molecule has 2 aromatic carbocycles. The predicted molar refractivity (Wildman–Crippen MR) is 104 cm³/mol. The van der Waals surface area contributed by atoms with Gasteiger partial charge in [-0.2, -0.15) is 0 Å². The molecule has 1 saturated carbocycles. The summed E-state index contributed by atoms with van der Waals surface area (Å²) in [6.07, 6.45) is 6.67. The van der Waals surface area contributed by atoms with Gasteiger partial charge in [-0.1, -0.05) is 38.1 Å². The monoisotopic (exact) mass is 351 g/mol. The largest absolute Gasteiger partial charge is 0.345 e. The molecule has 0 spiro atoms. The zero-order valence-electron chi connectivity index (χ0n) is 15.5. The number of H-pyrrole nitrogens is 1. The van der Waals surface area contributed by atoms with Crippen molar-refractivity contribution in [2.75, 3.05) is 0 Å². The van der Waals surface area contributed by atoms with Crippen LogP contribution < -0.4 is 5.32 Å². The molecular weight excluding hydrogens is 325 g/mol. The Hall–Kier alpha value is -2.20. The first-order chi connectivity index (χ1) is 12.5. The summed E-state index contributed by atoms with van der Waals surface area (Å²) in [5, 5.41) is 3.68. The van der Waals surface area contributed by atoms with Crippen molar-refractivity contribution in [2.24, 2.45) is 5.41 Å². The van der Waals surface area contributed by atoms with Crippen molar-refractivity contribution in [1.82, 2.24) is 15.3 Å². The van der Waals surface area contributed by atoms with Crippen LogP contribution in [0, 0.1) is 11.2 Å². The van der Waals surface area contributed by atoms with Crippen LogP contribution >= 0.6 is 0 Å². The third-order valence-electron chi connectivity index (χ3n) is 5.71. The molecule has 0 amide bonds. The van der Waals surface area contributed by atoms with Gasteiger partial charge in [0, 0.05) is 24.2 Å². The first-order valence-corrected chi connectivity index (χ1v) is 9.45. The fraction of sp³-hybridized carbons (Fsp3) is 0.409. The van der Waals surface area contributed by atoms with E-state index >= 15 is 0 Å². The number of aromatic amines is 1. The number of imidazole rings is 1. The average molecular weight is 351 g/mol. The fourth-order valence-electron chi connectivity index (χ4n) is 3.84. The number of nitrogens with zero attached hydrogens (tertiary/aromatic N) is 1. The number of hydrogen-bond acceptors (Lipinski definition) is 2. The van der Waals surface area contributed by atoms with Crippen LogP contribution in [-0.4, -0.2) is 16.0 Å². The minimum absolute atomic E-state index is 0.225. The van der Waals surface area contributed by atoms with E-state index < -0.39 is 0 Å². The molecule has 1 aliphatic carbocycles. The Morgan fingerprint density at radius 2 is 1.88 bits per heavy atom. The molecule has 1 aromatic heterocycles. The van der Waals surface area contributed by atoms with E-state index in [9.17, 15) is 4.39 Å². The molecule has 0 radical (unpaired) electrons. The Balaban J connectivity index is 1.42. The molecule has 136 valence electrons. The van der Waals surface area contributed by atoms with Gasteiger partial charge in [0.2, 0.25) is 0 Å². The molecular formula is C22H26FN3. The second-order valence-electron chi connectivity index (χ2n) is 8.27. The van der Waals surface area contributed by atoms with E-state index in [0.29, 0.717) is 17.0 Å². The minimum Gasteiger partial charge on any atom is -0.345 e. The summed E-state index contributed by atoms with van der Waals surface area (Å²) in [4.78, 5) is 7.16. The van der Waals surface area contributed by atoms with Gasteiger partial charge in [-0.3, -0.25) is 0 Å². The summed E-state index contributed by atoms with van der Waals surface area (Å²) in [5.41, 5.74) is 4.73. The number of benzene rings is 2. The van der Waals surface area contributed by atoms with Gasteiger partial charge in [-0.05, 0) is 48.3 Å². The van der Waals surface area contributed by atoms with Gasteiger partial charge >= 0.3 is 0 Å². The van der Waals surface area contributed by atoms with Gasteiger partial charge in [-0.25, -0.2) is 9.37 Å². The quantitative estimate of drug-likeness (QED) is 0.658. The van der Waals surface area contributed by atoms with Gasteiger partial charge in [0.25, 0.3) is 0 Å². The average Bonchev–Trinajstić information content (AvgIpc) is 3.08. The topological polar surface area (TPSA) is 40.7 Å². The minimum atomic E-state index is -0.225. The third kappa shape index (κ3) is 3.65. The molecule has 4 heteroatoms. The number of rotatable bonds is 4. The Bertz CT molecular complexity index is 885. The normalized spacial score (nSPS) is 17.7. The summed E-state index contributed by atoms with van der Waals surface area (Å²) in [6.45, 7) is 5.59. The van der Waals surface area contributed by atoms with Crippen molar-refractivity contribution in [3.63, 3.8) is 0 Å².